The molecular weight excluding hydrogens is 304 g/mol. The van der Waals surface area contributed by atoms with Crippen molar-refractivity contribution in [2.45, 2.75) is 102 Å². The second-order valence-corrected chi connectivity index (χ2v) is 7.70. The van der Waals surface area contributed by atoms with Gasteiger partial charge in [0.05, 0.1) is 26.4 Å². The molecule has 0 N–H and O–H groups in total. The van der Waals surface area contributed by atoms with Crippen molar-refractivity contribution in [2.24, 2.45) is 0 Å². The largest absolute Gasteiger partial charge is 0.348 e. The van der Waals surface area contributed by atoms with Crippen molar-refractivity contribution >= 4 is 0 Å². The molecule has 142 valence electrons. The summed E-state index contributed by atoms with van der Waals surface area (Å²) in [7, 11) is 0. The van der Waals surface area contributed by atoms with Crippen LogP contribution in [0.1, 0.15) is 90.9 Å². The van der Waals surface area contributed by atoms with Gasteiger partial charge in [-0.05, 0) is 26.7 Å². The van der Waals surface area contributed by atoms with Gasteiger partial charge in [-0.1, -0.05) is 51.4 Å². The summed E-state index contributed by atoms with van der Waals surface area (Å²) >= 11 is 0. The van der Waals surface area contributed by atoms with Crippen LogP contribution in [-0.2, 0) is 18.9 Å². The van der Waals surface area contributed by atoms with Gasteiger partial charge in [-0.25, -0.2) is 0 Å². The molecule has 0 aromatic rings. The summed E-state index contributed by atoms with van der Waals surface area (Å²) < 4.78 is 22.5. The third-order valence-electron chi connectivity index (χ3n) is 5.31. The van der Waals surface area contributed by atoms with Gasteiger partial charge in [0, 0.05) is 12.8 Å². The topological polar surface area (TPSA) is 36.9 Å². The fourth-order valence-corrected chi connectivity index (χ4v) is 3.71. The highest BCUT2D eigenvalue weighted by molar-refractivity contribution is 4.68. The van der Waals surface area contributed by atoms with E-state index in [1.54, 1.807) is 0 Å². The predicted octanol–water partition coefficient (Wildman–Crippen LogP) is 5.19. The van der Waals surface area contributed by atoms with E-state index in [9.17, 15) is 0 Å². The van der Waals surface area contributed by atoms with Crippen LogP contribution in [-0.4, -0.2) is 38.0 Å². The molecule has 2 aliphatic heterocycles. The summed E-state index contributed by atoms with van der Waals surface area (Å²) in [5, 5.41) is 0. The first-order valence-corrected chi connectivity index (χ1v) is 10.2. The minimum absolute atomic E-state index is 0.286. The quantitative estimate of drug-likeness (QED) is 0.431. The van der Waals surface area contributed by atoms with Gasteiger partial charge in [0.25, 0.3) is 0 Å². The van der Waals surface area contributed by atoms with Gasteiger partial charge < -0.3 is 18.9 Å². The zero-order chi connectivity index (χ0) is 17.1. The monoisotopic (exact) mass is 342 g/mol. The van der Waals surface area contributed by atoms with Crippen LogP contribution in [0.2, 0.25) is 0 Å². The Morgan fingerprint density at radius 2 is 0.708 bits per heavy atom. The molecule has 0 aliphatic carbocycles. The summed E-state index contributed by atoms with van der Waals surface area (Å²) in [5.74, 6) is -0.572. The minimum Gasteiger partial charge on any atom is -0.348 e. The van der Waals surface area contributed by atoms with Gasteiger partial charge in [-0.3, -0.25) is 0 Å². The molecule has 0 radical (unpaired) electrons. The summed E-state index contributed by atoms with van der Waals surface area (Å²) in [6, 6.07) is 0. The van der Waals surface area contributed by atoms with Crippen molar-refractivity contribution in [3.05, 3.63) is 0 Å². The average molecular weight is 343 g/mol. The van der Waals surface area contributed by atoms with E-state index < -0.39 is 0 Å². The lowest BCUT2D eigenvalue weighted by atomic mass is 10.0. The molecule has 0 aromatic carbocycles. The zero-order valence-electron chi connectivity index (χ0n) is 15.9. The van der Waals surface area contributed by atoms with Crippen LogP contribution >= 0.6 is 0 Å². The molecule has 0 saturated carbocycles. The van der Waals surface area contributed by atoms with Crippen molar-refractivity contribution in [3.63, 3.8) is 0 Å². The maximum Gasteiger partial charge on any atom is 0.165 e. The molecule has 4 nitrogen and oxygen atoms in total. The first-order chi connectivity index (χ1) is 11.6. The summed E-state index contributed by atoms with van der Waals surface area (Å²) in [5.41, 5.74) is 0. The number of unbranched alkanes of at least 4 members (excludes halogenated alkanes) is 9. The number of ether oxygens (including phenoxy) is 4. The van der Waals surface area contributed by atoms with E-state index >= 15 is 0 Å². The molecule has 2 heterocycles. The molecule has 2 aliphatic rings. The molecule has 2 saturated heterocycles. The number of hydrogen-bond acceptors (Lipinski definition) is 4. The lowest BCUT2D eigenvalue weighted by Crippen LogP contribution is -2.24. The Balaban J connectivity index is 1.30. The molecule has 0 aromatic heterocycles. The third kappa shape index (κ3) is 7.81. The van der Waals surface area contributed by atoms with Gasteiger partial charge in [0.1, 0.15) is 0 Å². The second-order valence-electron chi connectivity index (χ2n) is 7.70. The Labute approximate surface area is 148 Å². The SMILES string of the molecule is CC1(CCCCCCCCCCCCC2(C)OCCO2)OCCO1. The second kappa shape index (κ2) is 10.7. The minimum atomic E-state index is -0.286. The van der Waals surface area contributed by atoms with E-state index in [-0.39, 0.29) is 11.6 Å². The first kappa shape index (κ1) is 20.2. The highest BCUT2D eigenvalue weighted by atomic mass is 16.7. The van der Waals surface area contributed by atoms with E-state index in [0.717, 1.165) is 39.3 Å². The fraction of sp³-hybridized carbons (Fsp3) is 1.00. The Morgan fingerprint density at radius 3 is 1.00 bits per heavy atom. The van der Waals surface area contributed by atoms with Crippen molar-refractivity contribution in [1.82, 2.24) is 0 Å². The number of hydrogen-bond donors (Lipinski definition) is 0. The van der Waals surface area contributed by atoms with E-state index in [1.807, 2.05) is 0 Å². The Hall–Kier alpha value is -0.160. The molecule has 0 bridgehead atoms. The Kier molecular flexibility index (Phi) is 9.02. The molecule has 0 atom stereocenters. The van der Waals surface area contributed by atoms with Gasteiger partial charge in [-0.2, -0.15) is 0 Å². The maximum absolute atomic E-state index is 5.63. The average Bonchev–Trinajstić information content (AvgIpc) is 3.18. The van der Waals surface area contributed by atoms with Gasteiger partial charge >= 0.3 is 0 Å². The third-order valence-corrected chi connectivity index (χ3v) is 5.31. The first-order valence-electron chi connectivity index (χ1n) is 10.2. The zero-order valence-corrected chi connectivity index (χ0v) is 15.9. The highest BCUT2D eigenvalue weighted by Crippen LogP contribution is 2.26. The van der Waals surface area contributed by atoms with Gasteiger partial charge in [0.15, 0.2) is 11.6 Å². The predicted molar refractivity (Wildman–Crippen MR) is 96.0 cm³/mol. The summed E-state index contributed by atoms with van der Waals surface area (Å²) in [6.45, 7) is 7.19. The van der Waals surface area contributed by atoms with E-state index in [0.29, 0.717) is 0 Å². The van der Waals surface area contributed by atoms with E-state index in [2.05, 4.69) is 13.8 Å². The smallest absolute Gasteiger partial charge is 0.165 e. The van der Waals surface area contributed by atoms with Crippen molar-refractivity contribution in [1.29, 1.82) is 0 Å². The van der Waals surface area contributed by atoms with Gasteiger partial charge in [0.2, 0.25) is 0 Å². The van der Waals surface area contributed by atoms with Crippen molar-refractivity contribution in [2.75, 3.05) is 26.4 Å². The van der Waals surface area contributed by atoms with Gasteiger partial charge in [-0.15, -0.1) is 0 Å². The van der Waals surface area contributed by atoms with E-state index in [4.69, 9.17) is 18.9 Å². The van der Waals surface area contributed by atoms with Crippen molar-refractivity contribution in [3.8, 4) is 0 Å². The summed E-state index contributed by atoms with van der Waals surface area (Å²) in [4.78, 5) is 0. The molecule has 4 heteroatoms. The normalized spacial score (nSPS) is 22.2. The molecule has 0 amide bonds. The fourth-order valence-electron chi connectivity index (χ4n) is 3.71. The lowest BCUT2D eigenvalue weighted by Gasteiger charge is -2.21. The standard InChI is InChI=1S/C20H38O4/c1-19(21-15-16-22-19)13-11-9-7-5-3-4-6-8-10-12-14-20(2)23-17-18-24-20/h3-18H2,1-2H3. The molecule has 0 unspecified atom stereocenters. The molecule has 2 fully saturated rings. The number of rotatable bonds is 13. The molecular formula is C20H38O4. The van der Waals surface area contributed by atoms with E-state index in [1.165, 1.54) is 64.2 Å². The van der Waals surface area contributed by atoms with Crippen LogP contribution in [0.15, 0.2) is 0 Å². The van der Waals surface area contributed by atoms with Crippen LogP contribution in [0.25, 0.3) is 0 Å². The van der Waals surface area contributed by atoms with Crippen LogP contribution in [0, 0.1) is 0 Å². The Morgan fingerprint density at radius 1 is 0.458 bits per heavy atom. The van der Waals surface area contributed by atoms with Crippen molar-refractivity contribution < 1.29 is 18.9 Å². The van der Waals surface area contributed by atoms with Crippen LogP contribution in [0.4, 0.5) is 0 Å². The lowest BCUT2D eigenvalue weighted by molar-refractivity contribution is -0.148. The summed E-state index contributed by atoms with van der Waals surface area (Å²) in [6.07, 6.45) is 15.4. The van der Waals surface area contributed by atoms with Crippen LogP contribution in [0.3, 0.4) is 0 Å². The molecule has 24 heavy (non-hydrogen) atoms. The highest BCUT2D eigenvalue weighted by Gasteiger charge is 2.30. The Bertz CT molecular complexity index is 288. The van der Waals surface area contributed by atoms with Crippen LogP contribution < -0.4 is 0 Å². The van der Waals surface area contributed by atoms with Crippen LogP contribution in [0.5, 0.6) is 0 Å². The maximum atomic E-state index is 5.63. The molecule has 0 spiro atoms. The molecule has 2 rings (SSSR count).